The largest absolute Gasteiger partial charge is 0.573 e. The Balaban J connectivity index is 2.07. The first-order valence-electron chi connectivity index (χ1n) is 8.10. The summed E-state index contributed by atoms with van der Waals surface area (Å²) in [6, 6.07) is 3.98. The van der Waals surface area contributed by atoms with Crippen molar-refractivity contribution in [3.8, 4) is 22.6 Å². The molecule has 0 bridgehead atoms. The number of hydrogen-bond donors (Lipinski definition) is 1. The van der Waals surface area contributed by atoms with Crippen LogP contribution < -0.4 is 9.47 Å². The Hall–Kier alpha value is -2.87. The SMILES string of the molecule is CSc1nc2ccc(OC(F)(F)F)c(-c3cc(OC(F)(F)F)cc4oc(=S)[nH]c34)c2o1. The number of nitrogens with one attached hydrogen (secondary N) is 1. The van der Waals surface area contributed by atoms with Crippen LogP contribution in [-0.4, -0.2) is 28.9 Å². The van der Waals surface area contributed by atoms with Crippen LogP contribution >= 0.6 is 24.0 Å². The number of hydrogen-bond acceptors (Lipinski definition) is 7. The minimum Gasteiger partial charge on any atom is -0.431 e. The number of ether oxygens (including phenoxy) is 2. The van der Waals surface area contributed by atoms with E-state index in [9.17, 15) is 26.3 Å². The molecule has 0 radical (unpaired) electrons. The van der Waals surface area contributed by atoms with Gasteiger partial charge in [-0.3, -0.25) is 0 Å². The minimum absolute atomic E-state index is 0.0150. The molecule has 0 aliphatic carbocycles. The van der Waals surface area contributed by atoms with E-state index < -0.39 is 24.2 Å². The van der Waals surface area contributed by atoms with Gasteiger partial charge in [0.15, 0.2) is 11.2 Å². The van der Waals surface area contributed by atoms with Crippen molar-refractivity contribution in [3.05, 3.63) is 29.1 Å². The number of nitrogens with zero attached hydrogens (tertiary/aromatic N) is 1. The molecule has 31 heavy (non-hydrogen) atoms. The first-order valence-corrected chi connectivity index (χ1v) is 9.73. The molecule has 2 aromatic heterocycles. The topological polar surface area (TPSA) is 73.4 Å². The van der Waals surface area contributed by atoms with Crippen molar-refractivity contribution in [1.82, 2.24) is 9.97 Å². The van der Waals surface area contributed by atoms with Gasteiger partial charge in [-0.1, -0.05) is 11.8 Å². The van der Waals surface area contributed by atoms with Crippen LogP contribution in [0.1, 0.15) is 0 Å². The Kier molecular flexibility index (Phi) is 5.08. The van der Waals surface area contributed by atoms with Crippen LogP contribution in [0.2, 0.25) is 0 Å². The number of benzene rings is 2. The zero-order valence-corrected chi connectivity index (χ0v) is 16.6. The summed E-state index contributed by atoms with van der Waals surface area (Å²) in [7, 11) is 0. The molecule has 0 amide bonds. The standard InChI is InChI=1S/C17H8F6N2O4S2/c1-31-15-24-8-2-3-9(29-17(21,22)23)11(13(8)27-15)7-4-6(28-16(18,19)20)5-10-12(7)25-14(30)26-10/h2-5H,1H3,(H,25,30). The molecule has 1 N–H and O–H groups in total. The molecule has 0 atom stereocenters. The second kappa shape index (κ2) is 7.37. The van der Waals surface area contributed by atoms with E-state index in [1.165, 1.54) is 6.07 Å². The molecule has 14 heteroatoms. The smallest absolute Gasteiger partial charge is 0.431 e. The van der Waals surface area contributed by atoms with Gasteiger partial charge in [-0.05, 0) is 36.7 Å². The number of aromatic nitrogens is 2. The van der Waals surface area contributed by atoms with E-state index in [2.05, 4.69) is 19.4 Å². The molecule has 4 rings (SSSR count). The van der Waals surface area contributed by atoms with E-state index in [0.717, 1.165) is 30.0 Å². The highest BCUT2D eigenvalue weighted by molar-refractivity contribution is 7.98. The molecular formula is C17H8F6N2O4S2. The quantitative estimate of drug-likeness (QED) is 0.194. The molecular weight excluding hydrogens is 474 g/mol. The molecule has 0 aliphatic heterocycles. The minimum atomic E-state index is -5.09. The molecule has 0 saturated heterocycles. The molecule has 0 aliphatic rings. The van der Waals surface area contributed by atoms with Crippen LogP contribution in [0.15, 0.2) is 38.3 Å². The lowest BCUT2D eigenvalue weighted by molar-refractivity contribution is -0.275. The fourth-order valence-electron chi connectivity index (χ4n) is 2.92. The molecule has 0 unspecified atom stereocenters. The maximum absolute atomic E-state index is 13.0. The number of fused-ring (bicyclic) bond motifs is 2. The number of H-pyrrole nitrogens is 1. The summed E-state index contributed by atoms with van der Waals surface area (Å²) < 4.78 is 96.2. The Morgan fingerprint density at radius 1 is 1.03 bits per heavy atom. The maximum atomic E-state index is 13.0. The van der Waals surface area contributed by atoms with Crippen molar-refractivity contribution in [2.45, 2.75) is 17.9 Å². The van der Waals surface area contributed by atoms with Gasteiger partial charge in [-0.15, -0.1) is 26.3 Å². The average molecular weight is 482 g/mol. The third kappa shape index (κ3) is 4.44. The third-order valence-corrected chi connectivity index (χ3v) is 4.62. The van der Waals surface area contributed by atoms with Crippen molar-refractivity contribution in [2.24, 2.45) is 0 Å². The normalized spacial score (nSPS) is 12.6. The van der Waals surface area contributed by atoms with Crippen molar-refractivity contribution in [2.75, 3.05) is 6.26 Å². The Bertz CT molecular complexity index is 1340. The van der Waals surface area contributed by atoms with Crippen molar-refractivity contribution in [1.29, 1.82) is 0 Å². The van der Waals surface area contributed by atoms with Gasteiger partial charge in [0, 0.05) is 11.6 Å². The predicted molar refractivity (Wildman–Crippen MR) is 99.5 cm³/mol. The zero-order valence-electron chi connectivity index (χ0n) is 15.0. The Morgan fingerprint density at radius 2 is 1.74 bits per heavy atom. The van der Waals surface area contributed by atoms with Gasteiger partial charge in [0.05, 0.1) is 11.1 Å². The molecule has 0 fully saturated rings. The van der Waals surface area contributed by atoms with E-state index in [1.807, 2.05) is 0 Å². The number of aromatic amines is 1. The molecule has 164 valence electrons. The lowest BCUT2D eigenvalue weighted by Crippen LogP contribution is -2.18. The van der Waals surface area contributed by atoms with Gasteiger partial charge in [-0.2, -0.15) is 0 Å². The summed E-state index contributed by atoms with van der Waals surface area (Å²) in [4.78, 5) is 6.50. The van der Waals surface area contributed by atoms with Gasteiger partial charge >= 0.3 is 12.7 Å². The molecule has 0 saturated carbocycles. The first-order chi connectivity index (χ1) is 14.4. The number of rotatable bonds is 4. The summed E-state index contributed by atoms with van der Waals surface area (Å²) in [5, 5.41) is 0.125. The van der Waals surface area contributed by atoms with Crippen LogP contribution in [0.5, 0.6) is 11.5 Å². The van der Waals surface area contributed by atoms with Crippen LogP contribution in [0.4, 0.5) is 26.3 Å². The van der Waals surface area contributed by atoms with E-state index in [0.29, 0.717) is 0 Å². The van der Waals surface area contributed by atoms with Crippen LogP contribution in [0.25, 0.3) is 33.3 Å². The lowest BCUT2D eigenvalue weighted by Gasteiger charge is -2.15. The van der Waals surface area contributed by atoms with Crippen LogP contribution in [-0.2, 0) is 0 Å². The van der Waals surface area contributed by atoms with E-state index in [-0.39, 0.29) is 43.4 Å². The van der Waals surface area contributed by atoms with Crippen LogP contribution in [0, 0.1) is 4.84 Å². The Labute approximate surface area is 177 Å². The molecule has 2 heterocycles. The van der Waals surface area contributed by atoms with Gasteiger partial charge in [0.2, 0.25) is 0 Å². The third-order valence-electron chi connectivity index (χ3n) is 3.91. The van der Waals surface area contributed by atoms with Crippen molar-refractivity contribution >= 4 is 46.2 Å². The molecule has 6 nitrogen and oxygen atoms in total. The van der Waals surface area contributed by atoms with Crippen molar-refractivity contribution < 1.29 is 44.7 Å². The fourth-order valence-corrected chi connectivity index (χ4v) is 3.47. The van der Waals surface area contributed by atoms with E-state index >= 15 is 0 Å². The monoisotopic (exact) mass is 482 g/mol. The fraction of sp³-hybridized carbons (Fsp3) is 0.176. The van der Waals surface area contributed by atoms with Gasteiger partial charge in [0.25, 0.3) is 10.1 Å². The second-order valence-electron chi connectivity index (χ2n) is 5.92. The number of alkyl halides is 6. The number of oxazole rings is 2. The van der Waals surface area contributed by atoms with Gasteiger partial charge in [-0.25, -0.2) is 4.98 Å². The maximum Gasteiger partial charge on any atom is 0.573 e. The summed E-state index contributed by atoms with van der Waals surface area (Å²) >= 11 is 5.96. The van der Waals surface area contributed by atoms with Gasteiger partial charge in [0.1, 0.15) is 17.0 Å². The first kappa shape index (κ1) is 21.4. The Morgan fingerprint density at radius 3 is 2.39 bits per heavy atom. The van der Waals surface area contributed by atoms with E-state index in [4.69, 9.17) is 21.1 Å². The highest BCUT2D eigenvalue weighted by Crippen LogP contribution is 2.44. The molecule has 4 aromatic rings. The summed E-state index contributed by atoms with van der Waals surface area (Å²) in [6.07, 6.45) is -8.53. The van der Waals surface area contributed by atoms with Gasteiger partial charge < -0.3 is 23.3 Å². The molecule has 2 aromatic carbocycles. The van der Waals surface area contributed by atoms with Crippen molar-refractivity contribution in [3.63, 3.8) is 0 Å². The summed E-state index contributed by atoms with van der Waals surface area (Å²) in [6.45, 7) is 0. The lowest BCUT2D eigenvalue weighted by atomic mass is 10.0. The predicted octanol–water partition coefficient (Wildman–Crippen LogP) is 6.82. The summed E-state index contributed by atoms with van der Waals surface area (Å²) in [5.41, 5.74) is -0.650. The number of halogens is 6. The average Bonchev–Trinajstić information content (AvgIpc) is 3.20. The highest BCUT2D eigenvalue weighted by Gasteiger charge is 2.35. The summed E-state index contributed by atoms with van der Waals surface area (Å²) in [5.74, 6) is -1.47. The molecule has 0 spiro atoms. The second-order valence-corrected chi connectivity index (χ2v) is 7.05. The number of thioether (sulfide) groups is 1. The van der Waals surface area contributed by atoms with Crippen LogP contribution in [0.3, 0.4) is 0 Å². The zero-order chi connectivity index (χ0) is 22.6. The highest BCUT2D eigenvalue weighted by atomic mass is 32.2. The van der Waals surface area contributed by atoms with E-state index in [1.54, 1.807) is 6.26 Å².